The Labute approximate surface area is 362 Å². The molecule has 0 spiro atoms. The molecule has 0 radical (unpaired) electrons. The van der Waals surface area contributed by atoms with Gasteiger partial charge in [0, 0.05) is 32.1 Å². The molecule has 1 amide bonds. The fourth-order valence-corrected chi connectivity index (χ4v) is 10.8. The number of carbonyl (C=O) groups excluding carboxylic acids is 5. The van der Waals surface area contributed by atoms with E-state index in [0.717, 1.165) is 0 Å². The lowest BCUT2D eigenvalue weighted by Crippen LogP contribution is -2.80. The molecular formula is C46H63NO15. The summed E-state index contributed by atoms with van der Waals surface area (Å²) in [6, 6.07) is 7.11. The van der Waals surface area contributed by atoms with E-state index in [0.29, 0.717) is 5.57 Å². The molecule has 2 heterocycles. The number of carbonyl (C=O) groups is 5. The number of aliphatic hydroxyl groups excluding tert-OH is 1. The normalized spacial score (nSPS) is 34.7. The highest BCUT2D eigenvalue weighted by Gasteiger charge is 2.81. The number of hydrogen-bond donors (Lipinski definition) is 3. The highest BCUT2D eigenvalue weighted by atomic mass is 16.7. The van der Waals surface area contributed by atoms with Crippen molar-refractivity contribution in [1.82, 2.24) is 5.32 Å². The Morgan fingerprint density at radius 3 is 2.18 bits per heavy atom. The molecule has 16 nitrogen and oxygen atoms in total. The summed E-state index contributed by atoms with van der Waals surface area (Å²) in [4.78, 5) is 68.3. The van der Waals surface area contributed by atoms with Crippen molar-refractivity contribution in [2.45, 2.75) is 167 Å². The summed E-state index contributed by atoms with van der Waals surface area (Å²) in [6.45, 7) is 21.6. The van der Waals surface area contributed by atoms with Gasteiger partial charge in [-0.1, -0.05) is 45.5 Å². The van der Waals surface area contributed by atoms with Crippen LogP contribution in [-0.2, 0) is 52.3 Å². The lowest BCUT2D eigenvalue weighted by atomic mass is 9.49. The predicted molar refractivity (Wildman–Crippen MR) is 220 cm³/mol. The molecule has 2 aliphatic heterocycles. The minimum Gasteiger partial charge on any atom is -0.457 e. The Kier molecular flexibility index (Phi) is 12.9. The number of hydrogen-bond acceptors (Lipinski definition) is 15. The van der Waals surface area contributed by atoms with Gasteiger partial charge < -0.3 is 53.4 Å². The van der Waals surface area contributed by atoms with Crippen molar-refractivity contribution in [3.05, 3.63) is 59.7 Å². The Morgan fingerprint density at radius 1 is 0.984 bits per heavy atom. The van der Waals surface area contributed by atoms with Crippen LogP contribution >= 0.6 is 0 Å². The van der Waals surface area contributed by atoms with Gasteiger partial charge in [-0.2, -0.15) is 0 Å². The number of alkyl carbamates (subject to hydrolysis) is 1. The van der Waals surface area contributed by atoms with Crippen molar-refractivity contribution in [2.75, 3.05) is 6.61 Å². The molecule has 1 aromatic rings. The van der Waals surface area contributed by atoms with Crippen molar-refractivity contribution >= 4 is 30.0 Å². The van der Waals surface area contributed by atoms with Gasteiger partial charge in [-0.3, -0.25) is 9.59 Å². The van der Waals surface area contributed by atoms with E-state index in [1.807, 2.05) is 20.8 Å². The van der Waals surface area contributed by atoms with E-state index in [1.165, 1.54) is 33.8 Å². The van der Waals surface area contributed by atoms with Crippen LogP contribution in [0, 0.1) is 22.7 Å². The first-order chi connectivity index (χ1) is 28.8. The lowest BCUT2D eigenvalue weighted by molar-refractivity contribution is -0.392. The second kappa shape index (κ2) is 17.0. The number of benzene rings is 1. The number of amides is 1. The lowest BCUT2D eigenvalue weighted by Gasteiger charge is -2.67. The van der Waals surface area contributed by atoms with Gasteiger partial charge in [0.25, 0.3) is 0 Å². The minimum absolute atomic E-state index is 0.0845. The van der Waals surface area contributed by atoms with E-state index >= 15 is 0 Å². The van der Waals surface area contributed by atoms with Crippen LogP contribution in [0.2, 0.25) is 0 Å². The molecule has 2 saturated carbocycles. The molecule has 4 fully saturated rings. The van der Waals surface area contributed by atoms with Crippen LogP contribution in [0.3, 0.4) is 0 Å². The third-order valence-electron chi connectivity index (χ3n) is 13.3. The van der Waals surface area contributed by atoms with Gasteiger partial charge in [0.2, 0.25) is 0 Å². The second-order valence-corrected chi connectivity index (χ2v) is 19.5. The standard InChI is InChI=1S/C46H63NO15/c1-13-32-58-30-20-31-46(22-55-31,61-26(6)49)36-38(60-39(51)27-17-15-14-16-18-27)45(43(10,11)54)21-29(24(4)33(45)35(56-25(5)48)37(59-32)44(30,36)12)57-40(52)34(50)28(19-23(2)3)47-41(53)62-42(7,8)9/h13-18,23,28-32,34-38,50,54H,1,19-22H2,2-12H3,(H,47,53)/t28-,29-,30-,31+,32-,34+,35-,36?,37-,38-,44+,45-,46-/m0/s1. The van der Waals surface area contributed by atoms with Crippen LogP contribution in [0.4, 0.5) is 4.79 Å². The summed E-state index contributed by atoms with van der Waals surface area (Å²) in [5.74, 6) is -4.40. The van der Waals surface area contributed by atoms with Crippen molar-refractivity contribution in [3.63, 3.8) is 0 Å². The second-order valence-electron chi connectivity index (χ2n) is 19.5. The molecular weight excluding hydrogens is 806 g/mol. The Morgan fingerprint density at radius 2 is 1.65 bits per heavy atom. The summed E-state index contributed by atoms with van der Waals surface area (Å²) in [6.07, 6.45) is -8.88. The summed E-state index contributed by atoms with van der Waals surface area (Å²) in [5.41, 5.74) is -6.62. The molecule has 62 heavy (non-hydrogen) atoms. The van der Waals surface area contributed by atoms with Gasteiger partial charge in [0.05, 0.1) is 41.3 Å². The summed E-state index contributed by atoms with van der Waals surface area (Å²) >= 11 is 0. The van der Waals surface area contributed by atoms with Gasteiger partial charge in [-0.15, -0.1) is 0 Å². The molecule has 16 heteroatoms. The zero-order chi connectivity index (χ0) is 45.9. The topological polar surface area (TPSA) is 212 Å². The molecule has 342 valence electrons. The molecule has 0 aromatic heterocycles. The van der Waals surface area contributed by atoms with Crippen LogP contribution in [0.15, 0.2) is 54.1 Å². The quantitative estimate of drug-likeness (QED) is 0.145. The van der Waals surface area contributed by atoms with Crippen molar-refractivity contribution in [2.24, 2.45) is 22.7 Å². The molecule has 0 bridgehead atoms. The molecule has 1 unspecified atom stereocenters. The Hall–Kier alpha value is -4.35. The average Bonchev–Trinajstić information content (AvgIpc) is 3.41. The minimum atomic E-state index is -1.91. The fourth-order valence-electron chi connectivity index (χ4n) is 10.8. The maximum Gasteiger partial charge on any atom is 0.407 e. The molecule has 13 atom stereocenters. The summed E-state index contributed by atoms with van der Waals surface area (Å²) in [5, 5.41) is 27.1. The molecule has 3 N–H and O–H groups in total. The molecule has 6 rings (SSSR count). The van der Waals surface area contributed by atoms with Crippen molar-refractivity contribution < 1.29 is 72.1 Å². The van der Waals surface area contributed by atoms with Gasteiger partial charge in [0.15, 0.2) is 24.1 Å². The third-order valence-corrected chi connectivity index (χ3v) is 13.3. The van der Waals surface area contributed by atoms with E-state index in [1.54, 1.807) is 58.0 Å². The first-order valence-electron chi connectivity index (χ1n) is 21.3. The number of esters is 4. The molecule has 3 aliphatic carbocycles. The SMILES string of the molecule is C=C[C@H]1O[C@H]2C[C@H]3OC[C@@]3(OC(C)=O)C3[C@H](OC(=O)c4ccccc4)[C@]4(C(C)(C)O)C[C@H](OC(=O)[C@H](O)[C@H](CC(C)C)NC(=O)OC(C)(C)C)C(C)=C4[C@H](OC(C)=O)[C@H](O1)[C@@]32C. The van der Waals surface area contributed by atoms with E-state index in [-0.39, 0.29) is 42.9 Å². The fraction of sp³-hybridized carbons (Fsp3) is 0.674. The maximum absolute atomic E-state index is 14.6. The van der Waals surface area contributed by atoms with Gasteiger partial charge in [0.1, 0.15) is 30.0 Å². The average molecular weight is 870 g/mol. The number of rotatable bonds is 12. The van der Waals surface area contributed by atoms with E-state index in [2.05, 4.69) is 11.9 Å². The van der Waals surface area contributed by atoms with Crippen molar-refractivity contribution in [3.8, 4) is 0 Å². The summed E-state index contributed by atoms with van der Waals surface area (Å²) < 4.78 is 50.5. The number of aliphatic hydroxyl groups is 2. The van der Waals surface area contributed by atoms with Gasteiger partial charge in [-0.25, -0.2) is 14.4 Å². The van der Waals surface area contributed by atoms with Crippen LogP contribution < -0.4 is 5.32 Å². The molecule has 5 aliphatic rings. The number of nitrogens with one attached hydrogen (secondary N) is 1. The monoisotopic (exact) mass is 869 g/mol. The number of fused-ring (bicyclic) bond motifs is 3. The Bertz CT molecular complexity index is 1950. The predicted octanol–water partition coefficient (Wildman–Crippen LogP) is 4.87. The molecule has 1 aromatic carbocycles. The van der Waals surface area contributed by atoms with E-state index < -0.39 is 119 Å². The largest absolute Gasteiger partial charge is 0.457 e. The zero-order valence-corrected chi connectivity index (χ0v) is 37.6. The van der Waals surface area contributed by atoms with Crippen LogP contribution in [-0.4, -0.2) is 119 Å². The smallest absolute Gasteiger partial charge is 0.407 e. The highest BCUT2D eigenvalue weighted by molar-refractivity contribution is 5.89. The van der Waals surface area contributed by atoms with Crippen LogP contribution in [0.5, 0.6) is 0 Å². The van der Waals surface area contributed by atoms with Crippen LogP contribution in [0.25, 0.3) is 0 Å². The maximum atomic E-state index is 14.6. The van der Waals surface area contributed by atoms with E-state index in [9.17, 15) is 34.2 Å². The highest BCUT2D eigenvalue weighted by Crippen LogP contribution is 2.70. The zero-order valence-electron chi connectivity index (χ0n) is 37.6. The first kappa shape index (κ1) is 47.1. The van der Waals surface area contributed by atoms with E-state index in [4.69, 9.17) is 37.9 Å². The summed E-state index contributed by atoms with van der Waals surface area (Å²) in [7, 11) is 0. The van der Waals surface area contributed by atoms with Crippen molar-refractivity contribution in [1.29, 1.82) is 0 Å². The Balaban J connectivity index is 1.58. The molecule has 2 saturated heterocycles. The van der Waals surface area contributed by atoms with Crippen LogP contribution in [0.1, 0.15) is 106 Å². The number of ether oxygens (including phenoxy) is 8. The van der Waals surface area contributed by atoms with Gasteiger partial charge in [-0.05, 0) is 83.2 Å². The van der Waals surface area contributed by atoms with Gasteiger partial charge >= 0.3 is 30.0 Å². The third kappa shape index (κ3) is 8.28. The first-order valence-corrected chi connectivity index (χ1v) is 21.3.